The molecule has 1 aromatic carbocycles. The second-order valence-electron chi connectivity index (χ2n) is 4.07. The van der Waals surface area contributed by atoms with E-state index in [9.17, 15) is 4.79 Å². The van der Waals surface area contributed by atoms with E-state index in [0.29, 0.717) is 11.5 Å². The van der Waals surface area contributed by atoms with Crippen LogP contribution < -0.4 is 0 Å². The summed E-state index contributed by atoms with van der Waals surface area (Å²) in [4.78, 5) is 12.5. The quantitative estimate of drug-likeness (QED) is 0.437. The number of carbonyl (C=O) groups is 1. The molecule has 2 nitrogen and oxygen atoms in total. The Kier molecular flexibility index (Phi) is 4.53. The molecule has 0 aliphatic heterocycles. The highest BCUT2D eigenvalue weighted by atomic mass is 32.1. The van der Waals surface area contributed by atoms with Crippen LogP contribution in [0.1, 0.15) is 28.9 Å². The van der Waals surface area contributed by atoms with Gasteiger partial charge in [-0.25, -0.2) is 4.79 Å². The van der Waals surface area contributed by atoms with E-state index in [2.05, 4.69) is 6.58 Å². The zero-order valence-corrected chi connectivity index (χ0v) is 11.0. The van der Waals surface area contributed by atoms with Gasteiger partial charge in [0.15, 0.2) is 0 Å². The highest BCUT2D eigenvalue weighted by Gasteiger charge is 2.10. The maximum absolute atomic E-state index is 11.8. The largest absolute Gasteiger partial charge is 0.462 e. The van der Waals surface area contributed by atoms with Gasteiger partial charge in [0.1, 0.15) is 4.88 Å². The minimum atomic E-state index is -0.213. The van der Waals surface area contributed by atoms with E-state index in [4.69, 9.17) is 4.74 Å². The summed E-state index contributed by atoms with van der Waals surface area (Å²) in [5, 5.41) is 1.10. The average Bonchev–Trinajstić information content (AvgIpc) is 2.82. The normalized spacial score (nSPS) is 10.4. The fraction of sp³-hybridized carbons (Fsp3) is 0.267. The number of esters is 1. The van der Waals surface area contributed by atoms with Crippen molar-refractivity contribution in [2.45, 2.75) is 19.3 Å². The Morgan fingerprint density at radius 1 is 1.33 bits per heavy atom. The van der Waals surface area contributed by atoms with Crippen LogP contribution in [-0.2, 0) is 4.74 Å². The van der Waals surface area contributed by atoms with Crippen molar-refractivity contribution in [3.05, 3.63) is 47.9 Å². The number of hydrogen-bond acceptors (Lipinski definition) is 3. The Balaban J connectivity index is 1.90. The summed E-state index contributed by atoms with van der Waals surface area (Å²) in [6.45, 7) is 4.15. The molecule has 0 saturated carbocycles. The van der Waals surface area contributed by atoms with Crippen molar-refractivity contribution in [3.63, 3.8) is 0 Å². The minimum Gasteiger partial charge on any atom is -0.462 e. The zero-order valence-electron chi connectivity index (χ0n) is 10.2. The summed E-state index contributed by atoms with van der Waals surface area (Å²) < 4.78 is 6.36. The van der Waals surface area contributed by atoms with Gasteiger partial charge in [-0.05, 0) is 36.8 Å². The molecule has 0 spiro atoms. The smallest absolute Gasteiger partial charge is 0.348 e. The lowest BCUT2D eigenvalue weighted by Gasteiger charge is -2.01. The van der Waals surface area contributed by atoms with Crippen LogP contribution in [0.15, 0.2) is 43.0 Å². The van der Waals surface area contributed by atoms with Crippen molar-refractivity contribution in [2.75, 3.05) is 6.61 Å². The topological polar surface area (TPSA) is 26.3 Å². The van der Waals surface area contributed by atoms with Gasteiger partial charge in [-0.3, -0.25) is 0 Å². The van der Waals surface area contributed by atoms with Gasteiger partial charge >= 0.3 is 5.97 Å². The van der Waals surface area contributed by atoms with Gasteiger partial charge in [0, 0.05) is 4.70 Å². The van der Waals surface area contributed by atoms with E-state index in [1.807, 2.05) is 36.4 Å². The van der Waals surface area contributed by atoms with E-state index in [1.54, 1.807) is 0 Å². The van der Waals surface area contributed by atoms with Crippen LogP contribution in [0.25, 0.3) is 10.1 Å². The summed E-state index contributed by atoms with van der Waals surface area (Å²) in [6, 6.07) is 9.86. The number of benzene rings is 1. The van der Waals surface area contributed by atoms with Gasteiger partial charge in [-0.15, -0.1) is 17.9 Å². The summed E-state index contributed by atoms with van der Waals surface area (Å²) in [5.74, 6) is -0.213. The van der Waals surface area contributed by atoms with Crippen molar-refractivity contribution in [3.8, 4) is 0 Å². The molecule has 2 rings (SSSR count). The monoisotopic (exact) mass is 260 g/mol. The first-order chi connectivity index (χ1) is 8.81. The molecular weight excluding hydrogens is 244 g/mol. The molecule has 0 saturated heterocycles. The molecule has 1 aromatic heterocycles. The number of allylic oxidation sites excluding steroid dienone is 1. The predicted molar refractivity (Wildman–Crippen MR) is 76.2 cm³/mol. The molecule has 0 N–H and O–H groups in total. The second kappa shape index (κ2) is 6.36. The lowest BCUT2D eigenvalue weighted by Crippen LogP contribution is -2.04. The lowest BCUT2D eigenvalue weighted by atomic mass is 10.2. The van der Waals surface area contributed by atoms with Gasteiger partial charge in [-0.1, -0.05) is 24.3 Å². The Bertz CT molecular complexity index is 509. The fourth-order valence-electron chi connectivity index (χ4n) is 1.71. The highest BCUT2D eigenvalue weighted by Crippen LogP contribution is 2.25. The third kappa shape index (κ3) is 3.20. The van der Waals surface area contributed by atoms with Crippen molar-refractivity contribution in [1.29, 1.82) is 0 Å². The number of thiophene rings is 1. The van der Waals surface area contributed by atoms with Crippen LogP contribution in [0.3, 0.4) is 0 Å². The summed E-state index contributed by atoms with van der Waals surface area (Å²) in [6.07, 6.45) is 4.76. The number of rotatable bonds is 6. The Labute approximate surface area is 111 Å². The molecule has 2 aromatic rings. The van der Waals surface area contributed by atoms with Gasteiger partial charge in [0.2, 0.25) is 0 Å². The molecular formula is C15H16O2S. The lowest BCUT2D eigenvalue weighted by molar-refractivity contribution is 0.0504. The Morgan fingerprint density at radius 2 is 2.17 bits per heavy atom. The van der Waals surface area contributed by atoms with E-state index in [0.717, 1.165) is 29.3 Å². The Hall–Kier alpha value is -1.61. The first-order valence-electron chi connectivity index (χ1n) is 6.08. The van der Waals surface area contributed by atoms with Crippen molar-refractivity contribution >= 4 is 27.4 Å². The molecule has 3 heteroatoms. The molecule has 18 heavy (non-hydrogen) atoms. The minimum absolute atomic E-state index is 0.213. The molecule has 0 atom stereocenters. The van der Waals surface area contributed by atoms with Crippen molar-refractivity contribution < 1.29 is 9.53 Å². The van der Waals surface area contributed by atoms with Crippen LogP contribution in [0, 0.1) is 0 Å². The van der Waals surface area contributed by atoms with Gasteiger partial charge in [-0.2, -0.15) is 0 Å². The van der Waals surface area contributed by atoms with E-state index < -0.39 is 0 Å². The van der Waals surface area contributed by atoms with Gasteiger partial charge < -0.3 is 4.74 Å². The maximum Gasteiger partial charge on any atom is 0.348 e. The van der Waals surface area contributed by atoms with Crippen LogP contribution in [0.5, 0.6) is 0 Å². The average molecular weight is 260 g/mol. The third-order valence-electron chi connectivity index (χ3n) is 2.66. The van der Waals surface area contributed by atoms with E-state index in [1.165, 1.54) is 11.3 Å². The molecule has 0 unspecified atom stereocenters. The molecule has 0 bridgehead atoms. The summed E-state index contributed by atoms with van der Waals surface area (Å²) >= 11 is 1.48. The summed E-state index contributed by atoms with van der Waals surface area (Å²) in [7, 11) is 0. The van der Waals surface area contributed by atoms with Crippen LogP contribution in [0.2, 0.25) is 0 Å². The molecule has 0 aliphatic rings. The van der Waals surface area contributed by atoms with Gasteiger partial charge in [0.25, 0.3) is 0 Å². The van der Waals surface area contributed by atoms with Crippen molar-refractivity contribution in [2.24, 2.45) is 0 Å². The Morgan fingerprint density at radius 3 is 2.94 bits per heavy atom. The SMILES string of the molecule is C=CCCCCOC(=O)c1cc2ccccc2s1. The predicted octanol–water partition coefficient (Wildman–Crippen LogP) is 4.41. The van der Waals surface area contributed by atoms with Crippen molar-refractivity contribution in [1.82, 2.24) is 0 Å². The fourth-order valence-corrected chi connectivity index (χ4v) is 2.67. The van der Waals surface area contributed by atoms with Gasteiger partial charge in [0.05, 0.1) is 6.61 Å². The zero-order chi connectivity index (χ0) is 12.8. The van der Waals surface area contributed by atoms with E-state index in [-0.39, 0.29) is 5.97 Å². The number of carbonyl (C=O) groups excluding carboxylic acids is 1. The molecule has 0 amide bonds. The number of ether oxygens (including phenoxy) is 1. The molecule has 0 aliphatic carbocycles. The van der Waals surface area contributed by atoms with Crippen LogP contribution in [-0.4, -0.2) is 12.6 Å². The molecule has 0 fully saturated rings. The first-order valence-corrected chi connectivity index (χ1v) is 6.89. The molecule has 0 radical (unpaired) electrons. The number of fused-ring (bicyclic) bond motifs is 1. The first kappa shape index (κ1) is 12.8. The number of hydrogen-bond donors (Lipinski definition) is 0. The van der Waals surface area contributed by atoms with Crippen LogP contribution >= 0.6 is 11.3 Å². The second-order valence-corrected chi connectivity index (χ2v) is 5.15. The molecule has 94 valence electrons. The maximum atomic E-state index is 11.8. The standard InChI is InChI=1S/C15H16O2S/c1-2-3-4-7-10-17-15(16)14-11-12-8-5-6-9-13(12)18-14/h2,5-6,8-9,11H,1,3-4,7,10H2. The van der Waals surface area contributed by atoms with E-state index >= 15 is 0 Å². The highest BCUT2D eigenvalue weighted by molar-refractivity contribution is 7.20. The van der Waals surface area contributed by atoms with Crippen LogP contribution in [0.4, 0.5) is 0 Å². The third-order valence-corrected chi connectivity index (χ3v) is 3.76. The molecule has 1 heterocycles. The number of unbranched alkanes of at least 4 members (excludes halogenated alkanes) is 2. The summed E-state index contributed by atoms with van der Waals surface area (Å²) in [5.41, 5.74) is 0.